The van der Waals surface area contributed by atoms with Crippen LogP contribution >= 0.6 is 0 Å². The summed E-state index contributed by atoms with van der Waals surface area (Å²) in [5.74, 6) is 1.30. The van der Waals surface area contributed by atoms with Crippen LogP contribution in [0.3, 0.4) is 0 Å². The Kier molecular flexibility index (Phi) is 2.99. The zero-order valence-corrected chi connectivity index (χ0v) is 12.4. The van der Waals surface area contributed by atoms with Gasteiger partial charge in [-0.3, -0.25) is 4.79 Å². The Morgan fingerprint density at radius 2 is 2.18 bits per heavy atom. The molecule has 1 fully saturated rings. The van der Waals surface area contributed by atoms with Crippen LogP contribution in [-0.2, 0) is 0 Å². The molecule has 0 bridgehead atoms. The van der Waals surface area contributed by atoms with Crippen LogP contribution < -0.4 is 5.32 Å². The van der Waals surface area contributed by atoms with E-state index in [1.165, 1.54) is 12.8 Å². The molecule has 5 nitrogen and oxygen atoms in total. The van der Waals surface area contributed by atoms with Crippen molar-refractivity contribution < 1.29 is 4.79 Å². The third-order valence-corrected chi connectivity index (χ3v) is 4.38. The lowest BCUT2D eigenvalue weighted by Crippen LogP contribution is -2.18. The summed E-state index contributed by atoms with van der Waals surface area (Å²) in [6.07, 6.45) is 4.23. The van der Waals surface area contributed by atoms with E-state index in [0.29, 0.717) is 17.7 Å². The maximum atomic E-state index is 12.5. The molecule has 5 heteroatoms. The normalized spacial score (nSPS) is 15.9. The van der Waals surface area contributed by atoms with E-state index in [9.17, 15) is 4.79 Å². The molecule has 1 aromatic carbocycles. The molecule has 2 N–H and O–H groups in total. The number of hydrogen-bond acceptors (Lipinski definition) is 2. The number of benzene rings is 1. The fraction of sp³-hybridized carbons (Fsp3) is 0.294. The van der Waals surface area contributed by atoms with E-state index in [-0.39, 0.29) is 5.91 Å². The SMILES string of the molecule is CC(C1CC1)n1nccc1NC(=O)c1cc2ccccc2[nH]1. The summed E-state index contributed by atoms with van der Waals surface area (Å²) in [5, 5.41) is 8.35. The fourth-order valence-corrected chi connectivity index (χ4v) is 2.90. The molecule has 1 unspecified atom stereocenters. The minimum atomic E-state index is -0.138. The number of aromatic nitrogens is 3. The third kappa shape index (κ3) is 2.28. The molecule has 22 heavy (non-hydrogen) atoms. The van der Waals surface area contributed by atoms with E-state index in [0.717, 1.165) is 16.7 Å². The number of anilines is 1. The van der Waals surface area contributed by atoms with Gasteiger partial charge in [-0.25, -0.2) is 4.68 Å². The molecule has 0 spiro atoms. The van der Waals surface area contributed by atoms with Gasteiger partial charge in [-0.1, -0.05) is 18.2 Å². The van der Waals surface area contributed by atoms with Crippen molar-refractivity contribution in [3.63, 3.8) is 0 Å². The monoisotopic (exact) mass is 294 g/mol. The van der Waals surface area contributed by atoms with E-state index in [4.69, 9.17) is 0 Å². The molecule has 1 amide bonds. The number of H-pyrrole nitrogens is 1. The van der Waals surface area contributed by atoms with E-state index >= 15 is 0 Å². The number of fused-ring (bicyclic) bond motifs is 1. The summed E-state index contributed by atoms with van der Waals surface area (Å²) < 4.78 is 1.91. The largest absolute Gasteiger partial charge is 0.351 e. The van der Waals surface area contributed by atoms with Crippen LogP contribution in [-0.4, -0.2) is 20.7 Å². The molecule has 1 aliphatic carbocycles. The van der Waals surface area contributed by atoms with Crippen LogP contribution in [0.5, 0.6) is 0 Å². The number of nitrogens with one attached hydrogen (secondary N) is 2. The zero-order valence-electron chi connectivity index (χ0n) is 12.4. The van der Waals surface area contributed by atoms with E-state index in [1.54, 1.807) is 6.20 Å². The summed E-state index contributed by atoms with van der Waals surface area (Å²) in [4.78, 5) is 15.6. The lowest BCUT2D eigenvalue weighted by molar-refractivity contribution is 0.102. The lowest BCUT2D eigenvalue weighted by Gasteiger charge is -2.15. The van der Waals surface area contributed by atoms with Gasteiger partial charge in [-0.2, -0.15) is 5.10 Å². The quantitative estimate of drug-likeness (QED) is 0.772. The second kappa shape index (κ2) is 5.02. The molecule has 3 aromatic rings. The number of carbonyl (C=O) groups is 1. The fourth-order valence-electron chi connectivity index (χ4n) is 2.90. The summed E-state index contributed by atoms with van der Waals surface area (Å²) in [7, 11) is 0. The van der Waals surface area contributed by atoms with Crippen molar-refractivity contribution in [2.24, 2.45) is 5.92 Å². The van der Waals surface area contributed by atoms with Crippen LogP contribution in [0.15, 0.2) is 42.6 Å². The van der Waals surface area contributed by atoms with Gasteiger partial charge in [0.1, 0.15) is 11.5 Å². The van der Waals surface area contributed by atoms with Gasteiger partial charge in [0.25, 0.3) is 5.91 Å². The van der Waals surface area contributed by atoms with Crippen molar-refractivity contribution >= 4 is 22.6 Å². The summed E-state index contributed by atoms with van der Waals surface area (Å²) in [6, 6.07) is 11.9. The van der Waals surface area contributed by atoms with Crippen LogP contribution in [0, 0.1) is 5.92 Å². The van der Waals surface area contributed by atoms with Crippen LogP contribution in [0.25, 0.3) is 10.9 Å². The number of carbonyl (C=O) groups excluding carboxylic acids is 1. The summed E-state index contributed by atoms with van der Waals surface area (Å²) >= 11 is 0. The Bertz CT molecular complexity index is 795. The minimum Gasteiger partial charge on any atom is -0.351 e. The molecule has 1 atom stereocenters. The van der Waals surface area contributed by atoms with Crippen LogP contribution in [0.4, 0.5) is 5.82 Å². The third-order valence-electron chi connectivity index (χ3n) is 4.38. The first-order valence-corrected chi connectivity index (χ1v) is 7.65. The molecule has 0 aliphatic heterocycles. The van der Waals surface area contributed by atoms with Gasteiger partial charge in [-0.05, 0) is 37.8 Å². The molecule has 1 aliphatic rings. The van der Waals surface area contributed by atoms with Crippen molar-refractivity contribution in [3.8, 4) is 0 Å². The first-order valence-electron chi connectivity index (χ1n) is 7.65. The number of nitrogens with zero attached hydrogens (tertiary/aromatic N) is 2. The molecule has 1 saturated carbocycles. The Hall–Kier alpha value is -2.56. The number of amides is 1. The van der Waals surface area contributed by atoms with Gasteiger partial charge in [0, 0.05) is 17.0 Å². The predicted molar refractivity (Wildman–Crippen MR) is 85.9 cm³/mol. The van der Waals surface area contributed by atoms with Crippen molar-refractivity contribution in [1.82, 2.24) is 14.8 Å². The summed E-state index contributed by atoms with van der Waals surface area (Å²) in [6.45, 7) is 2.16. The molecule has 2 heterocycles. The molecular weight excluding hydrogens is 276 g/mol. The predicted octanol–water partition coefficient (Wildman–Crippen LogP) is 3.59. The van der Waals surface area contributed by atoms with Crippen LogP contribution in [0.2, 0.25) is 0 Å². The van der Waals surface area contributed by atoms with Crippen molar-refractivity contribution in [2.75, 3.05) is 5.32 Å². The number of hydrogen-bond donors (Lipinski definition) is 2. The van der Waals surface area contributed by atoms with Crippen molar-refractivity contribution in [1.29, 1.82) is 0 Å². The first kappa shape index (κ1) is 13.1. The second-order valence-corrected chi connectivity index (χ2v) is 5.96. The van der Waals surface area contributed by atoms with Crippen molar-refractivity contribution in [3.05, 3.63) is 48.3 Å². The highest BCUT2D eigenvalue weighted by molar-refractivity contribution is 6.05. The topological polar surface area (TPSA) is 62.7 Å². The molecule has 0 radical (unpaired) electrons. The molecule has 2 aromatic heterocycles. The Morgan fingerprint density at radius 1 is 1.36 bits per heavy atom. The molecule has 112 valence electrons. The highest BCUT2D eigenvalue weighted by atomic mass is 16.2. The second-order valence-electron chi connectivity index (χ2n) is 5.96. The Morgan fingerprint density at radius 3 is 2.95 bits per heavy atom. The van der Waals surface area contributed by atoms with Gasteiger partial charge in [0.2, 0.25) is 0 Å². The molecule has 0 saturated heterocycles. The Balaban J connectivity index is 1.58. The minimum absolute atomic E-state index is 0.138. The van der Waals surface area contributed by atoms with Gasteiger partial charge in [0.15, 0.2) is 0 Å². The average molecular weight is 294 g/mol. The van der Waals surface area contributed by atoms with Crippen molar-refractivity contribution in [2.45, 2.75) is 25.8 Å². The number of aromatic amines is 1. The maximum Gasteiger partial charge on any atom is 0.273 e. The molecule has 4 rings (SSSR count). The standard InChI is InChI=1S/C17H18N4O/c1-11(12-6-7-12)21-16(8-9-18-21)20-17(22)15-10-13-4-2-3-5-14(13)19-15/h2-5,8-12,19H,6-7H2,1H3,(H,20,22). The first-order chi connectivity index (χ1) is 10.7. The van der Waals surface area contributed by atoms with E-state index in [2.05, 4.69) is 22.3 Å². The van der Waals surface area contributed by atoms with Gasteiger partial charge < -0.3 is 10.3 Å². The van der Waals surface area contributed by atoms with E-state index in [1.807, 2.05) is 41.1 Å². The number of rotatable bonds is 4. The average Bonchev–Trinajstić information content (AvgIpc) is 3.12. The van der Waals surface area contributed by atoms with E-state index < -0.39 is 0 Å². The van der Waals surface area contributed by atoms with Gasteiger partial charge >= 0.3 is 0 Å². The van der Waals surface area contributed by atoms with Gasteiger partial charge in [0.05, 0.1) is 12.2 Å². The molecular formula is C17H18N4O. The van der Waals surface area contributed by atoms with Gasteiger partial charge in [-0.15, -0.1) is 0 Å². The Labute approximate surface area is 128 Å². The highest BCUT2D eigenvalue weighted by Crippen LogP contribution is 2.40. The zero-order chi connectivity index (χ0) is 15.1. The number of para-hydroxylation sites is 1. The van der Waals surface area contributed by atoms with Crippen LogP contribution in [0.1, 0.15) is 36.3 Å². The smallest absolute Gasteiger partial charge is 0.273 e. The highest BCUT2D eigenvalue weighted by Gasteiger charge is 2.30. The lowest BCUT2D eigenvalue weighted by atomic mass is 10.2. The summed E-state index contributed by atoms with van der Waals surface area (Å²) in [5.41, 5.74) is 1.53. The maximum absolute atomic E-state index is 12.5.